The molecule has 0 N–H and O–H groups in total. The van der Waals surface area contributed by atoms with Gasteiger partial charge in [-0.1, -0.05) is 12.1 Å². The Labute approximate surface area is 112 Å². The van der Waals surface area contributed by atoms with E-state index in [1.54, 1.807) is 18.2 Å². The van der Waals surface area contributed by atoms with Crippen molar-refractivity contribution in [1.29, 1.82) is 0 Å². The fraction of sp³-hybridized carbons (Fsp3) is 0.250. The van der Waals surface area contributed by atoms with Crippen LogP contribution in [-0.4, -0.2) is 16.4 Å². The van der Waals surface area contributed by atoms with Gasteiger partial charge in [0.2, 0.25) is 0 Å². The van der Waals surface area contributed by atoms with E-state index in [9.17, 15) is 4.79 Å². The Bertz CT molecular complexity index is 554. The second kappa shape index (κ2) is 5.77. The predicted octanol–water partition coefficient (Wildman–Crippen LogP) is 2.79. The maximum Gasteiger partial charge on any atom is 0.264 e. The van der Waals surface area contributed by atoms with Crippen LogP contribution in [0.1, 0.15) is 29.0 Å². The van der Waals surface area contributed by atoms with Crippen LogP contribution in [0.2, 0.25) is 0 Å². The van der Waals surface area contributed by atoms with Crippen LogP contribution in [0.4, 0.5) is 0 Å². The van der Waals surface area contributed by atoms with Crippen molar-refractivity contribution in [1.82, 2.24) is 10.1 Å². The van der Waals surface area contributed by atoms with Gasteiger partial charge in [0.15, 0.2) is 12.4 Å². The fourth-order valence-electron chi connectivity index (χ4n) is 1.34. The van der Waals surface area contributed by atoms with Crippen molar-refractivity contribution in [3.63, 3.8) is 0 Å². The van der Waals surface area contributed by atoms with E-state index in [4.69, 9.17) is 9.26 Å². The molecule has 0 amide bonds. The summed E-state index contributed by atoms with van der Waals surface area (Å²) in [6, 6.07) is 5.08. The molecule has 0 spiro atoms. The monoisotopic (exact) mass is 310 g/mol. The Morgan fingerprint density at radius 2 is 2.33 bits per heavy atom. The lowest BCUT2D eigenvalue weighted by atomic mass is 10.2. The normalized spacial score (nSPS) is 10.3. The van der Waals surface area contributed by atoms with Crippen molar-refractivity contribution in [3.05, 3.63) is 40.0 Å². The Kier molecular flexibility index (Phi) is 4.09. The van der Waals surface area contributed by atoms with Gasteiger partial charge in [-0.25, -0.2) is 0 Å². The van der Waals surface area contributed by atoms with Gasteiger partial charge < -0.3 is 9.26 Å². The quantitative estimate of drug-likeness (QED) is 0.794. The van der Waals surface area contributed by atoms with E-state index in [2.05, 4.69) is 26.1 Å². The maximum absolute atomic E-state index is 10.6. The molecule has 1 aromatic heterocycles. The highest BCUT2D eigenvalue weighted by molar-refractivity contribution is 9.10. The molecule has 0 aliphatic carbocycles. The summed E-state index contributed by atoms with van der Waals surface area (Å²) < 4.78 is 11.2. The van der Waals surface area contributed by atoms with Crippen LogP contribution in [0.25, 0.3) is 0 Å². The molecule has 2 rings (SSSR count). The third-order valence-corrected chi connectivity index (χ3v) is 2.89. The zero-order chi connectivity index (χ0) is 13.0. The average molecular weight is 311 g/mol. The lowest BCUT2D eigenvalue weighted by Gasteiger charge is -2.05. The largest absolute Gasteiger partial charge is 0.483 e. The highest BCUT2D eigenvalue weighted by atomic mass is 79.9. The maximum atomic E-state index is 10.6. The van der Waals surface area contributed by atoms with E-state index in [0.717, 1.165) is 12.7 Å². The molecule has 0 unspecified atom stereocenters. The number of aromatic nitrogens is 2. The van der Waals surface area contributed by atoms with Crippen LogP contribution in [-0.2, 0) is 13.0 Å². The van der Waals surface area contributed by atoms with E-state index in [1.165, 1.54) is 0 Å². The summed E-state index contributed by atoms with van der Waals surface area (Å²) in [6.07, 6.45) is 1.50. The first-order valence-corrected chi connectivity index (χ1v) is 6.21. The lowest BCUT2D eigenvalue weighted by molar-refractivity contribution is 0.112. The first-order chi connectivity index (χ1) is 8.72. The number of carbonyl (C=O) groups excluding carboxylic acids is 1. The van der Waals surface area contributed by atoms with Crippen molar-refractivity contribution in [2.75, 3.05) is 0 Å². The Morgan fingerprint density at radius 3 is 2.94 bits per heavy atom. The second-order valence-corrected chi connectivity index (χ2v) is 4.41. The zero-order valence-corrected chi connectivity index (χ0v) is 11.3. The van der Waals surface area contributed by atoms with Gasteiger partial charge in [-0.2, -0.15) is 4.98 Å². The third kappa shape index (κ3) is 2.95. The van der Waals surface area contributed by atoms with E-state index >= 15 is 0 Å². The Morgan fingerprint density at radius 1 is 1.50 bits per heavy atom. The lowest BCUT2D eigenvalue weighted by Crippen LogP contribution is -1.97. The van der Waals surface area contributed by atoms with Crippen LogP contribution in [0.5, 0.6) is 5.75 Å². The molecule has 18 heavy (non-hydrogen) atoms. The number of hydrogen-bond donors (Lipinski definition) is 0. The van der Waals surface area contributed by atoms with Crippen LogP contribution >= 0.6 is 15.9 Å². The molecule has 0 fully saturated rings. The van der Waals surface area contributed by atoms with Gasteiger partial charge >= 0.3 is 0 Å². The molecule has 0 saturated heterocycles. The molecular formula is C12H11BrN2O3. The minimum atomic E-state index is 0.200. The molecule has 6 heteroatoms. The molecule has 0 saturated carbocycles. The van der Waals surface area contributed by atoms with Gasteiger partial charge in [-0.15, -0.1) is 0 Å². The fourth-order valence-corrected chi connectivity index (χ4v) is 1.85. The number of benzene rings is 1. The number of carbonyl (C=O) groups is 1. The molecule has 0 atom stereocenters. The number of ether oxygens (including phenoxy) is 1. The zero-order valence-electron chi connectivity index (χ0n) is 9.72. The highest BCUT2D eigenvalue weighted by Crippen LogP contribution is 2.26. The number of nitrogens with zero attached hydrogens (tertiary/aromatic N) is 2. The van der Waals surface area contributed by atoms with Gasteiger partial charge in [0.25, 0.3) is 5.89 Å². The summed E-state index contributed by atoms with van der Waals surface area (Å²) >= 11 is 3.33. The predicted molar refractivity (Wildman–Crippen MR) is 67.5 cm³/mol. The SMILES string of the molecule is CCc1noc(COc2ccc(C=O)cc2Br)n1. The summed E-state index contributed by atoms with van der Waals surface area (Å²) in [5.41, 5.74) is 0.584. The van der Waals surface area contributed by atoms with Crippen LogP contribution < -0.4 is 4.74 Å². The average Bonchev–Trinajstić information content (AvgIpc) is 2.85. The molecule has 0 aliphatic heterocycles. The number of rotatable bonds is 5. The first-order valence-electron chi connectivity index (χ1n) is 5.42. The van der Waals surface area contributed by atoms with Gasteiger partial charge in [0, 0.05) is 12.0 Å². The molecule has 5 nitrogen and oxygen atoms in total. The topological polar surface area (TPSA) is 65.2 Å². The van der Waals surface area contributed by atoms with Crippen LogP contribution in [0.3, 0.4) is 0 Å². The molecule has 1 heterocycles. The number of hydrogen-bond acceptors (Lipinski definition) is 5. The van der Waals surface area contributed by atoms with E-state index in [1.807, 2.05) is 6.92 Å². The number of aldehydes is 1. The molecule has 2 aromatic rings. The van der Waals surface area contributed by atoms with Crippen LogP contribution in [0.15, 0.2) is 27.2 Å². The van der Waals surface area contributed by atoms with Crippen molar-refractivity contribution < 1.29 is 14.1 Å². The Hall–Kier alpha value is -1.69. The minimum absolute atomic E-state index is 0.200. The van der Waals surface area contributed by atoms with Crippen molar-refractivity contribution in [3.8, 4) is 5.75 Å². The van der Waals surface area contributed by atoms with Crippen molar-refractivity contribution >= 4 is 22.2 Å². The van der Waals surface area contributed by atoms with Gasteiger partial charge in [-0.05, 0) is 34.1 Å². The van der Waals surface area contributed by atoms with E-state index < -0.39 is 0 Å². The molecule has 0 aliphatic rings. The highest BCUT2D eigenvalue weighted by Gasteiger charge is 2.07. The standard InChI is InChI=1S/C12H11BrN2O3/c1-2-11-14-12(18-15-11)7-17-10-4-3-8(6-16)5-9(10)13/h3-6H,2,7H2,1H3. The molecule has 1 aromatic carbocycles. The van der Waals surface area contributed by atoms with E-state index in [-0.39, 0.29) is 6.61 Å². The van der Waals surface area contributed by atoms with Crippen molar-refractivity contribution in [2.24, 2.45) is 0 Å². The van der Waals surface area contributed by atoms with E-state index in [0.29, 0.717) is 27.5 Å². The molecule has 94 valence electrons. The molecular weight excluding hydrogens is 300 g/mol. The van der Waals surface area contributed by atoms with Gasteiger partial charge in [0.1, 0.15) is 12.0 Å². The second-order valence-electron chi connectivity index (χ2n) is 3.55. The van der Waals surface area contributed by atoms with Crippen LogP contribution in [0, 0.1) is 0 Å². The summed E-state index contributed by atoms with van der Waals surface area (Å²) in [5.74, 6) is 1.71. The molecule has 0 radical (unpaired) electrons. The summed E-state index contributed by atoms with van der Waals surface area (Å²) in [5, 5.41) is 3.77. The summed E-state index contributed by atoms with van der Waals surface area (Å²) in [7, 11) is 0. The van der Waals surface area contributed by atoms with Gasteiger partial charge in [-0.3, -0.25) is 4.79 Å². The van der Waals surface area contributed by atoms with Crippen molar-refractivity contribution in [2.45, 2.75) is 20.0 Å². The minimum Gasteiger partial charge on any atom is -0.483 e. The summed E-state index contributed by atoms with van der Waals surface area (Å²) in [4.78, 5) is 14.7. The first kappa shape index (κ1) is 12.8. The Balaban J connectivity index is 2.03. The van der Waals surface area contributed by atoms with Gasteiger partial charge in [0.05, 0.1) is 4.47 Å². The molecule has 0 bridgehead atoms. The number of aryl methyl sites for hydroxylation is 1. The smallest absolute Gasteiger partial charge is 0.264 e. The number of halogens is 1. The summed E-state index contributed by atoms with van der Waals surface area (Å²) in [6.45, 7) is 2.15. The third-order valence-electron chi connectivity index (χ3n) is 2.27.